The van der Waals surface area contributed by atoms with Crippen molar-refractivity contribution in [2.24, 2.45) is 16.6 Å². The third-order valence-electron chi connectivity index (χ3n) is 4.69. The average Bonchev–Trinajstić information content (AvgIpc) is 3.35. The first-order chi connectivity index (χ1) is 11.7. The SMILES string of the molecule is NC1(C2CC2)N=C(Nc2nccc3ccccc23)Nc2ccoc21. The Morgan fingerprint density at radius 1 is 1.21 bits per heavy atom. The lowest BCUT2D eigenvalue weighted by molar-refractivity contribution is 0.315. The highest BCUT2D eigenvalue weighted by Crippen LogP contribution is 2.48. The van der Waals surface area contributed by atoms with Gasteiger partial charge < -0.3 is 20.8 Å². The average molecular weight is 319 g/mol. The molecule has 4 N–H and O–H groups in total. The molecule has 6 nitrogen and oxygen atoms in total. The molecule has 2 aliphatic rings. The first kappa shape index (κ1) is 13.6. The van der Waals surface area contributed by atoms with Crippen LogP contribution in [0, 0.1) is 5.92 Å². The van der Waals surface area contributed by atoms with Crippen LogP contribution in [0.1, 0.15) is 18.6 Å². The van der Waals surface area contributed by atoms with E-state index in [4.69, 9.17) is 15.1 Å². The highest BCUT2D eigenvalue weighted by atomic mass is 16.3. The second-order valence-corrected chi connectivity index (χ2v) is 6.35. The molecule has 1 aromatic carbocycles. The van der Waals surface area contributed by atoms with E-state index >= 15 is 0 Å². The molecule has 1 fully saturated rings. The third kappa shape index (κ3) is 2.00. The molecule has 24 heavy (non-hydrogen) atoms. The molecule has 3 heterocycles. The second kappa shape index (κ2) is 4.82. The normalized spacial score (nSPS) is 22.6. The fourth-order valence-electron chi connectivity index (χ4n) is 3.30. The summed E-state index contributed by atoms with van der Waals surface area (Å²) in [6, 6.07) is 12.0. The summed E-state index contributed by atoms with van der Waals surface area (Å²) in [7, 11) is 0. The van der Waals surface area contributed by atoms with Crippen LogP contribution in [-0.2, 0) is 5.66 Å². The van der Waals surface area contributed by atoms with E-state index in [1.54, 1.807) is 12.5 Å². The quantitative estimate of drug-likeness (QED) is 0.675. The summed E-state index contributed by atoms with van der Waals surface area (Å²) in [6.07, 6.45) is 5.57. The molecule has 5 rings (SSSR count). The number of hydrogen-bond donors (Lipinski definition) is 3. The number of pyridine rings is 1. The number of anilines is 2. The Hall–Kier alpha value is -2.86. The predicted molar refractivity (Wildman–Crippen MR) is 93.7 cm³/mol. The number of nitrogens with two attached hydrogens (primary N) is 1. The monoisotopic (exact) mass is 319 g/mol. The van der Waals surface area contributed by atoms with Gasteiger partial charge >= 0.3 is 0 Å². The summed E-state index contributed by atoms with van der Waals surface area (Å²) in [5.41, 5.74) is 6.65. The van der Waals surface area contributed by atoms with Gasteiger partial charge in [0.1, 0.15) is 5.82 Å². The Morgan fingerprint density at radius 2 is 2.08 bits per heavy atom. The van der Waals surface area contributed by atoms with Gasteiger partial charge in [-0.05, 0) is 24.3 Å². The lowest BCUT2D eigenvalue weighted by atomic mass is 10.0. The molecule has 1 aliphatic carbocycles. The van der Waals surface area contributed by atoms with E-state index < -0.39 is 5.66 Å². The van der Waals surface area contributed by atoms with E-state index in [0.717, 1.165) is 35.1 Å². The van der Waals surface area contributed by atoms with Crippen molar-refractivity contribution in [2.45, 2.75) is 18.5 Å². The van der Waals surface area contributed by atoms with Gasteiger partial charge in [-0.1, -0.05) is 24.3 Å². The Balaban J connectivity index is 1.56. The number of nitrogens with zero attached hydrogens (tertiary/aromatic N) is 2. The number of hydrogen-bond acceptors (Lipinski definition) is 6. The zero-order chi connectivity index (χ0) is 16.1. The van der Waals surface area contributed by atoms with Crippen LogP contribution < -0.4 is 16.4 Å². The largest absolute Gasteiger partial charge is 0.463 e. The summed E-state index contributed by atoms with van der Waals surface area (Å²) in [5, 5.41) is 8.71. The third-order valence-corrected chi connectivity index (χ3v) is 4.69. The smallest absolute Gasteiger partial charge is 0.203 e. The molecule has 1 unspecified atom stereocenters. The van der Waals surface area contributed by atoms with Crippen molar-refractivity contribution >= 4 is 28.2 Å². The molecule has 3 aromatic rings. The van der Waals surface area contributed by atoms with Gasteiger partial charge in [-0.25, -0.2) is 9.98 Å². The number of benzene rings is 1. The Morgan fingerprint density at radius 3 is 2.96 bits per heavy atom. The maximum absolute atomic E-state index is 6.60. The molecule has 0 radical (unpaired) electrons. The summed E-state index contributed by atoms with van der Waals surface area (Å²) in [5.74, 6) is 2.38. The molecule has 1 saturated carbocycles. The summed E-state index contributed by atoms with van der Waals surface area (Å²) < 4.78 is 5.60. The number of aromatic nitrogens is 1. The Labute approximate surface area is 138 Å². The van der Waals surface area contributed by atoms with Crippen molar-refractivity contribution in [3.63, 3.8) is 0 Å². The van der Waals surface area contributed by atoms with Gasteiger partial charge in [0.05, 0.1) is 12.0 Å². The van der Waals surface area contributed by atoms with Gasteiger partial charge in [-0.2, -0.15) is 0 Å². The van der Waals surface area contributed by atoms with Crippen molar-refractivity contribution in [3.05, 3.63) is 54.6 Å². The van der Waals surface area contributed by atoms with Crippen LogP contribution in [-0.4, -0.2) is 10.9 Å². The van der Waals surface area contributed by atoms with Crippen molar-refractivity contribution in [3.8, 4) is 0 Å². The van der Waals surface area contributed by atoms with E-state index in [2.05, 4.69) is 21.7 Å². The molecule has 6 heteroatoms. The molecule has 0 spiro atoms. The van der Waals surface area contributed by atoms with E-state index in [1.807, 2.05) is 30.3 Å². The van der Waals surface area contributed by atoms with Gasteiger partial charge in [0, 0.05) is 23.6 Å². The van der Waals surface area contributed by atoms with E-state index in [9.17, 15) is 0 Å². The molecular weight excluding hydrogens is 302 g/mol. The van der Waals surface area contributed by atoms with E-state index in [0.29, 0.717) is 17.6 Å². The zero-order valence-electron chi connectivity index (χ0n) is 13.0. The molecule has 0 saturated heterocycles. The lowest BCUT2D eigenvalue weighted by Crippen LogP contribution is -2.44. The van der Waals surface area contributed by atoms with Crippen LogP contribution in [0.15, 0.2) is 58.3 Å². The fraction of sp³-hybridized carbons (Fsp3) is 0.222. The predicted octanol–water partition coefficient (Wildman–Crippen LogP) is 3.24. The van der Waals surface area contributed by atoms with Crippen molar-refractivity contribution < 1.29 is 4.42 Å². The molecular formula is C18H17N5O. The van der Waals surface area contributed by atoms with Gasteiger partial charge in [0.15, 0.2) is 11.4 Å². The van der Waals surface area contributed by atoms with Crippen molar-refractivity contribution in [1.29, 1.82) is 0 Å². The topological polar surface area (TPSA) is 88.5 Å². The number of furan rings is 1. The highest BCUT2D eigenvalue weighted by molar-refractivity contribution is 6.08. The maximum atomic E-state index is 6.60. The zero-order valence-corrected chi connectivity index (χ0v) is 13.0. The van der Waals surface area contributed by atoms with Crippen LogP contribution in [0.4, 0.5) is 11.5 Å². The number of aliphatic imine (C=N–C) groups is 1. The minimum absolute atomic E-state index is 0.321. The fourth-order valence-corrected chi connectivity index (χ4v) is 3.30. The van der Waals surface area contributed by atoms with Gasteiger partial charge in [-0.3, -0.25) is 0 Å². The molecule has 0 bridgehead atoms. The van der Waals surface area contributed by atoms with Crippen molar-refractivity contribution in [2.75, 3.05) is 10.6 Å². The molecule has 2 aromatic heterocycles. The number of nitrogens with one attached hydrogen (secondary N) is 2. The highest BCUT2D eigenvalue weighted by Gasteiger charge is 2.49. The molecule has 1 atom stereocenters. The minimum atomic E-state index is -0.809. The number of guanidine groups is 1. The first-order valence-electron chi connectivity index (χ1n) is 8.08. The van der Waals surface area contributed by atoms with Gasteiger partial charge in [-0.15, -0.1) is 0 Å². The summed E-state index contributed by atoms with van der Waals surface area (Å²) in [4.78, 5) is 9.19. The van der Waals surface area contributed by atoms with Crippen molar-refractivity contribution in [1.82, 2.24) is 4.98 Å². The lowest BCUT2D eigenvalue weighted by Gasteiger charge is -2.30. The summed E-state index contributed by atoms with van der Waals surface area (Å²) in [6.45, 7) is 0. The first-order valence-corrected chi connectivity index (χ1v) is 8.08. The Kier molecular flexibility index (Phi) is 2.72. The second-order valence-electron chi connectivity index (χ2n) is 6.35. The standard InChI is InChI=1S/C18H17N5O/c19-18(12-5-6-12)15-14(8-10-24-15)21-17(23-18)22-16-13-4-2-1-3-11(13)7-9-20-16/h1-4,7-10,12H,5-6,19H2,(H2,20,21,22,23). The molecule has 0 amide bonds. The van der Waals surface area contributed by atoms with Crippen LogP contribution in [0.2, 0.25) is 0 Å². The summed E-state index contributed by atoms with van der Waals surface area (Å²) >= 11 is 0. The van der Waals surface area contributed by atoms with Crippen LogP contribution in [0.25, 0.3) is 10.8 Å². The number of fused-ring (bicyclic) bond motifs is 2. The van der Waals surface area contributed by atoms with E-state index in [1.165, 1.54) is 0 Å². The maximum Gasteiger partial charge on any atom is 0.203 e. The van der Waals surface area contributed by atoms with Crippen LogP contribution >= 0.6 is 0 Å². The van der Waals surface area contributed by atoms with E-state index in [-0.39, 0.29) is 0 Å². The Bertz CT molecular complexity index is 953. The van der Waals surface area contributed by atoms with Gasteiger partial charge in [0.2, 0.25) is 5.96 Å². The minimum Gasteiger partial charge on any atom is -0.463 e. The number of rotatable bonds is 2. The van der Waals surface area contributed by atoms with Crippen LogP contribution in [0.3, 0.4) is 0 Å². The van der Waals surface area contributed by atoms with Gasteiger partial charge in [0.25, 0.3) is 0 Å². The van der Waals surface area contributed by atoms with Crippen LogP contribution in [0.5, 0.6) is 0 Å². The molecule has 1 aliphatic heterocycles. The molecule has 120 valence electrons.